The number of hydrazine groups is 1. The van der Waals surface area contributed by atoms with E-state index >= 15 is 0 Å². The molecule has 1 saturated heterocycles. The molecular formula is C11H14N4. The molecule has 3 atom stereocenters. The normalized spacial score (nSPS) is 40.5. The van der Waals surface area contributed by atoms with Crippen LogP contribution < -0.4 is 10.9 Å². The van der Waals surface area contributed by atoms with Crippen LogP contribution in [0.3, 0.4) is 0 Å². The van der Waals surface area contributed by atoms with Crippen LogP contribution in [0.4, 0.5) is 0 Å². The summed E-state index contributed by atoms with van der Waals surface area (Å²) in [6.07, 6.45) is 9.36. The summed E-state index contributed by atoms with van der Waals surface area (Å²) < 4.78 is 0. The van der Waals surface area contributed by atoms with Gasteiger partial charge in [-0.3, -0.25) is 10.4 Å². The van der Waals surface area contributed by atoms with Crippen LogP contribution in [0.2, 0.25) is 0 Å². The monoisotopic (exact) mass is 202 g/mol. The van der Waals surface area contributed by atoms with Gasteiger partial charge < -0.3 is 0 Å². The molecule has 0 aromatic heterocycles. The van der Waals surface area contributed by atoms with E-state index in [4.69, 9.17) is 0 Å². The molecule has 2 fully saturated rings. The molecule has 5 rings (SSSR count). The summed E-state index contributed by atoms with van der Waals surface area (Å²) in [6, 6.07) is 0. The third-order valence-electron chi connectivity index (χ3n) is 4.07. The fourth-order valence-electron chi connectivity index (χ4n) is 3.33. The molecule has 15 heavy (non-hydrogen) atoms. The van der Waals surface area contributed by atoms with Crippen molar-refractivity contribution in [1.82, 2.24) is 15.9 Å². The smallest absolute Gasteiger partial charge is 0.138 e. The van der Waals surface area contributed by atoms with Gasteiger partial charge in [-0.2, -0.15) is 5.10 Å². The SMILES string of the molecule is C1=NNC2C3C4=CC=C(CC4)C3CNN12. The number of allylic oxidation sites excluding steroid dienone is 2. The molecule has 2 aliphatic heterocycles. The topological polar surface area (TPSA) is 39.7 Å². The number of hydrazone groups is 1. The lowest BCUT2D eigenvalue weighted by Crippen LogP contribution is -2.60. The Hall–Kier alpha value is -1.29. The number of hydrogen-bond acceptors (Lipinski definition) is 4. The Morgan fingerprint density at radius 2 is 2.13 bits per heavy atom. The van der Waals surface area contributed by atoms with Gasteiger partial charge in [0, 0.05) is 18.4 Å². The van der Waals surface area contributed by atoms with E-state index in [1.54, 1.807) is 11.1 Å². The first-order valence-corrected chi connectivity index (χ1v) is 5.63. The zero-order valence-electron chi connectivity index (χ0n) is 8.48. The Balaban J connectivity index is 1.75. The molecule has 2 N–H and O–H groups in total. The predicted molar refractivity (Wildman–Crippen MR) is 57.6 cm³/mol. The molecule has 0 amide bonds. The summed E-state index contributed by atoms with van der Waals surface area (Å²) in [5.41, 5.74) is 9.85. The summed E-state index contributed by atoms with van der Waals surface area (Å²) in [7, 11) is 0. The van der Waals surface area contributed by atoms with Crippen molar-refractivity contribution < 1.29 is 0 Å². The van der Waals surface area contributed by atoms with Crippen molar-refractivity contribution in [2.75, 3.05) is 6.54 Å². The van der Waals surface area contributed by atoms with Gasteiger partial charge in [-0.15, -0.1) is 0 Å². The summed E-state index contributed by atoms with van der Waals surface area (Å²) in [4.78, 5) is 0. The van der Waals surface area contributed by atoms with E-state index in [1.807, 2.05) is 6.34 Å². The summed E-state index contributed by atoms with van der Waals surface area (Å²) in [5, 5.41) is 6.26. The van der Waals surface area contributed by atoms with Crippen LogP contribution in [-0.2, 0) is 0 Å². The van der Waals surface area contributed by atoms with Gasteiger partial charge >= 0.3 is 0 Å². The fraction of sp³-hybridized carbons (Fsp3) is 0.545. The van der Waals surface area contributed by atoms with Crippen LogP contribution >= 0.6 is 0 Å². The van der Waals surface area contributed by atoms with E-state index in [1.165, 1.54) is 12.8 Å². The second-order valence-electron chi connectivity index (χ2n) is 4.70. The molecule has 0 aromatic rings. The minimum Gasteiger partial charge on any atom is -0.284 e. The molecule has 5 aliphatic rings. The molecule has 0 aromatic carbocycles. The van der Waals surface area contributed by atoms with E-state index < -0.39 is 0 Å². The van der Waals surface area contributed by atoms with Gasteiger partial charge in [0.15, 0.2) is 0 Å². The summed E-state index contributed by atoms with van der Waals surface area (Å²) >= 11 is 0. The van der Waals surface area contributed by atoms with Crippen molar-refractivity contribution in [3.63, 3.8) is 0 Å². The highest BCUT2D eigenvalue weighted by Gasteiger charge is 2.45. The molecule has 0 radical (unpaired) electrons. The minimum absolute atomic E-state index is 0.332. The third kappa shape index (κ3) is 0.925. The van der Waals surface area contributed by atoms with Crippen molar-refractivity contribution in [2.24, 2.45) is 16.9 Å². The minimum atomic E-state index is 0.332. The van der Waals surface area contributed by atoms with Crippen molar-refractivity contribution in [3.8, 4) is 0 Å². The maximum absolute atomic E-state index is 4.14. The predicted octanol–water partition coefficient (Wildman–Crippen LogP) is 0.572. The quantitative estimate of drug-likeness (QED) is 0.603. The van der Waals surface area contributed by atoms with Crippen molar-refractivity contribution in [2.45, 2.75) is 19.0 Å². The highest BCUT2D eigenvalue weighted by Crippen LogP contribution is 2.45. The van der Waals surface area contributed by atoms with Crippen LogP contribution in [0.1, 0.15) is 12.8 Å². The van der Waals surface area contributed by atoms with Crippen LogP contribution in [-0.4, -0.2) is 24.1 Å². The molecule has 2 bridgehead atoms. The Morgan fingerprint density at radius 1 is 1.27 bits per heavy atom. The highest BCUT2D eigenvalue weighted by molar-refractivity contribution is 5.57. The largest absolute Gasteiger partial charge is 0.284 e. The second-order valence-corrected chi connectivity index (χ2v) is 4.70. The Morgan fingerprint density at radius 3 is 3.00 bits per heavy atom. The van der Waals surface area contributed by atoms with Crippen molar-refractivity contribution in [1.29, 1.82) is 0 Å². The number of hydrogen-bond donors (Lipinski definition) is 2. The first-order chi connectivity index (χ1) is 7.43. The Labute approximate surface area is 88.7 Å². The number of rotatable bonds is 0. The molecular weight excluding hydrogens is 188 g/mol. The van der Waals surface area contributed by atoms with Crippen LogP contribution in [0, 0.1) is 11.8 Å². The van der Waals surface area contributed by atoms with E-state index in [0.29, 0.717) is 18.0 Å². The highest BCUT2D eigenvalue weighted by atomic mass is 15.7. The van der Waals surface area contributed by atoms with Gasteiger partial charge in [0.1, 0.15) is 12.5 Å². The maximum atomic E-state index is 4.14. The average molecular weight is 202 g/mol. The second kappa shape index (κ2) is 2.64. The van der Waals surface area contributed by atoms with Gasteiger partial charge in [0.05, 0.1) is 0 Å². The van der Waals surface area contributed by atoms with Gasteiger partial charge in [0.2, 0.25) is 0 Å². The molecule has 4 heteroatoms. The van der Waals surface area contributed by atoms with Crippen LogP contribution in [0.25, 0.3) is 0 Å². The molecule has 2 heterocycles. The Bertz CT molecular complexity index is 395. The van der Waals surface area contributed by atoms with E-state index in [-0.39, 0.29) is 0 Å². The average Bonchev–Trinajstić information content (AvgIpc) is 2.78. The lowest BCUT2D eigenvalue weighted by Gasteiger charge is -2.48. The van der Waals surface area contributed by atoms with Gasteiger partial charge in [-0.05, 0) is 12.8 Å². The number of fused-ring (bicyclic) bond motifs is 3. The molecule has 3 unspecified atom stereocenters. The van der Waals surface area contributed by atoms with Gasteiger partial charge in [-0.25, -0.2) is 5.43 Å². The van der Waals surface area contributed by atoms with Crippen LogP contribution in [0.15, 0.2) is 28.4 Å². The van der Waals surface area contributed by atoms with E-state index in [9.17, 15) is 0 Å². The Kier molecular flexibility index (Phi) is 1.39. The standard InChI is InChI=1S/C11H14N4/c1-3-8-4-2-7(1)9-5-13-15-6-12-14-11(15)10(8)9/h1,3,6,9-11,13-14H,2,4-5H2. The molecule has 0 spiro atoms. The third-order valence-corrected chi connectivity index (χ3v) is 4.07. The lowest BCUT2D eigenvalue weighted by molar-refractivity contribution is 0.0831. The lowest BCUT2D eigenvalue weighted by atomic mass is 9.67. The molecule has 4 nitrogen and oxygen atoms in total. The number of nitrogens with one attached hydrogen (secondary N) is 2. The fourth-order valence-corrected chi connectivity index (χ4v) is 3.33. The van der Waals surface area contributed by atoms with Gasteiger partial charge in [0.25, 0.3) is 0 Å². The molecule has 78 valence electrons. The van der Waals surface area contributed by atoms with E-state index in [0.717, 1.165) is 6.54 Å². The zero-order valence-corrected chi connectivity index (χ0v) is 8.48. The first-order valence-electron chi connectivity index (χ1n) is 5.63. The zero-order chi connectivity index (χ0) is 9.83. The van der Waals surface area contributed by atoms with E-state index in [2.05, 4.69) is 33.1 Å². The maximum Gasteiger partial charge on any atom is 0.138 e. The van der Waals surface area contributed by atoms with Gasteiger partial charge in [-0.1, -0.05) is 23.3 Å². The summed E-state index contributed by atoms with van der Waals surface area (Å²) in [5.74, 6) is 1.32. The number of nitrogens with zero attached hydrogens (tertiary/aromatic N) is 2. The molecule has 1 saturated carbocycles. The van der Waals surface area contributed by atoms with Crippen molar-refractivity contribution >= 4 is 6.34 Å². The van der Waals surface area contributed by atoms with Crippen molar-refractivity contribution in [3.05, 3.63) is 23.3 Å². The summed E-state index contributed by atoms with van der Waals surface area (Å²) in [6.45, 7) is 1.05. The molecule has 3 aliphatic carbocycles. The first kappa shape index (κ1) is 7.93. The van der Waals surface area contributed by atoms with Crippen LogP contribution in [0.5, 0.6) is 0 Å².